The number of hydrogen-bond acceptors (Lipinski definition) is 5. The summed E-state index contributed by atoms with van der Waals surface area (Å²) in [5, 5.41) is 0. The third-order valence-electron chi connectivity index (χ3n) is 4.99. The molecule has 2 saturated heterocycles. The van der Waals surface area contributed by atoms with Crippen molar-refractivity contribution in [3.05, 3.63) is 17.3 Å². The van der Waals surface area contributed by atoms with E-state index in [2.05, 4.69) is 19.8 Å². The highest BCUT2D eigenvalue weighted by Crippen LogP contribution is 2.20. The lowest BCUT2D eigenvalue weighted by molar-refractivity contribution is 0.0673. The third-order valence-corrected chi connectivity index (χ3v) is 4.99. The van der Waals surface area contributed by atoms with Gasteiger partial charge in [-0.2, -0.15) is 0 Å². The molecule has 134 valence electrons. The van der Waals surface area contributed by atoms with Crippen LogP contribution in [0.25, 0.3) is 0 Å². The molecule has 7 heteroatoms. The lowest BCUT2D eigenvalue weighted by atomic mass is 9.97. The summed E-state index contributed by atoms with van der Waals surface area (Å²) in [5.41, 5.74) is 7.09. The normalized spacial score (nSPS) is 21.4. The maximum atomic E-state index is 6.10. The van der Waals surface area contributed by atoms with Gasteiger partial charge in [-0.3, -0.25) is 9.89 Å². The van der Waals surface area contributed by atoms with Gasteiger partial charge < -0.3 is 19.8 Å². The van der Waals surface area contributed by atoms with Crippen LogP contribution in [0, 0.1) is 19.8 Å². The van der Waals surface area contributed by atoms with Crippen LogP contribution in [0.15, 0.2) is 9.41 Å². The van der Waals surface area contributed by atoms with E-state index in [9.17, 15) is 0 Å². The summed E-state index contributed by atoms with van der Waals surface area (Å²) in [6, 6.07) is 0. The van der Waals surface area contributed by atoms with Crippen molar-refractivity contribution in [3.63, 3.8) is 0 Å². The van der Waals surface area contributed by atoms with Crippen LogP contribution in [0.5, 0.6) is 0 Å². The van der Waals surface area contributed by atoms with Crippen LogP contribution in [0.1, 0.15) is 30.2 Å². The Kier molecular flexibility index (Phi) is 5.73. The Morgan fingerprint density at radius 2 is 1.92 bits per heavy atom. The van der Waals surface area contributed by atoms with Gasteiger partial charge in [0.2, 0.25) is 5.89 Å². The van der Waals surface area contributed by atoms with Gasteiger partial charge in [0, 0.05) is 19.6 Å². The van der Waals surface area contributed by atoms with E-state index in [1.807, 2.05) is 13.8 Å². The highest BCUT2D eigenvalue weighted by molar-refractivity contribution is 5.78. The maximum Gasteiger partial charge on any atom is 0.208 e. The first-order valence-corrected chi connectivity index (χ1v) is 8.89. The number of ether oxygens (including phenoxy) is 1. The van der Waals surface area contributed by atoms with Crippen LogP contribution >= 0.6 is 0 Å². The standard InChI is InChI=1S/C17H29N5O2/c1-13-14(2)24-16(20-13)12-21-5-3-15(4-6-21)11-19-17(18)22-7-9-23-10-8-22/h15H,3-12H2,1-2H3,(H2,18,19). The largest absolute Gasteiger partial charge is 0.444 e. The van der Waals surface area contributed by atoms with Crippen LogP contribution in [0.3, 0.4) is 0 Å². The van der Waals surface area contributed by atoms with Gasteiger partial charge in [0.05, 0.1) is 25.5 Å². The summed E-state index contributed by atoms with van der Waals surface area (Å²) >= 11 is 0. The molecule has 0 bridgehead atoms. The van der Waals surface area contributed by atoms with E-state index in [-0.39, 0.29) is 0 Å². The number of guanidine groups is 1. The van der Waals surface area contributed by atoms with Crippen LogP contribution in [-0.2, 0) is 11.3 Å². The third kappa shape index (κ3) is 4.48. The molecule has 24 heavy (non-hydrogen) atoms. The smallest absolute Gasteiger partial charge is 0.208 e. The van der Waals surface area contributed by atoms with E-state index in [0.29, 0.717) is 11.9 Å². The number of rotatable bonds is 4. The second-order valence-corrected chi connectivity index (χ2v) is 6.77. The summed E-state index contributed by atoms with van der Waals surface area (Å²) in [6.45, 7) is 10.9. The lowest BCUT2D eigenvalue weighted by Gasteiger charge is -2.31. The molecule has 0 spiro atoms. The second kappa shape index (κ2) is 7.98. The predicted molar refractivity (Wildman–Crippen MR) is 92.9 cm³/mol. The van der Waals surface area contributed by atoms with Crippen molar-refractivity contribution >= 4 is 5.96 Å². The fourth-order valence-electron chi connectivity index (χ4n) is 3.24. The molecule has 0 amide bonds. The molecule has 3 rings (SSSR count). The summed E-state index contributed by atoms with van der Waals surface area (Å²) in [4.78, 5) is 13.6. The Hall–Kier alpha value is -1.60. The molecule has 2 fully saturated rings. The second-order valence-electron chi connectivity index (χ2n) is 6.77. The molecule has 1 aromatic heterocycles. The number of nitrogens with two attached hydrogens (primary N) is 1. The minimum Gasteiger partial charge on any atom is -0.444 e. The van der Waals surface area contributed by atoms with Crippen LogP contribution in [0.2, 0.25) is 0 Å². The minimum atomic E-state index is 0.619. The van der Waals surface area contributed by atoms with E-state index in [4.69, 9.17) is 14.9 Å². The first-order chi connectivity index (χ1) is 11.6. The molecule has 2 aliphatic rings. The molecule has 0 radical (unpaired) electrons. The Morgan fingerprint density at radius 1 is 1.21 bits per heavy atom. The van der Waals surface area contributed by atoms with Crippen molar-refractivity contribution in [1.82, 2.24) is 14.8 Å². The minimum absolute atomic E-state index is 0.619. The fraction of sp³-hybridized carbons (Fsp3) is 0.765. The SMILES string of the molecule is Cc1nc(CN2CCC(CN=C(N)N3CCOCC3)CC2)oc1C. The molecular weight excluding hydrogens is 306 g/mol. The van der Waals surface area contributed by atoms with E-state index >= 15 is 0 Å². The summed E-state index contributed by atoms with van der Waals surface area (Å²) in [6.07, 6.45) is 2.30. The monoisotopic (exact) mass is 335 g/mol. The first-order valence-electron chi connectivity index (χ1n) is 8.89. The number of nitrogens with zero attached hydrogens (tertiary/aromatic N) is 4. The molecule has 7 nitrogen and oxygen atoms in total. The van der Waals surface area contributed by atoms with Gasteiger partial charge in [0.25, 0.3) is 0 Å². The molecule has 2 N–H and O–H groups in total. The molecular formula is C17H29N5O2. The highest BCUT2D eigenvalue weighted by Gasteiger charge is 2.21. The fourth-order valence-corrected chi connectivity index (χ4v) is 3.24. The van der Waals surface area contributed by atoms with E-state index in [1.165, 1.54) is 0 Å². The van der Waals surface area contributed by atoms with Gasteiger partial charge in [-0.1, -0.05) is 0 Å². The van der Waals surface area contributed by atoms with Gasteiger partial charge in [0.1, 0.15) is 5.76 Å². The number of aliphatic imine (C=N–C) groups is 1. The molecule has 0 aromatic carbocycles. The van der Waals surface area contributed by atoms with Gasteiger partial charge in [-0.15, -0.1) is 0 Å². The Labute approximate surface area is 143 Å². The molecule has 1 aromatic rings. The van der Waals surface area contributed by atoms with Crippen LogP contribution in [0.4, 0.5) is 0 Å². The highest BCUT2D eigenvalue weighted by atomic mass is 16.5. The van der Waals surface area contributed by atoms with Gasteiger partial charge in [-0.25, -0.2) is 4.98 Å². The van der Waals surface area contributed by atoms with Crippen molar-refractivity contribution in [1.29, 1.82) is 0 Å². The number of likely N-dealkylation sites (tertiary alicyclic amines) is 1. The first kappa shape index (κ1) is 17.2. The zero-order valence-electron chi connectivity index (χ0n) is 14.8. The predicted octanol–water partition coefficient (Wildman–Crippen LogP) is 1.15. The van der Waals surface area contributed by atoms with E-state index < -0.39 is 0 Å². The summed E-state index contributed by atoms with van der Waals surface area (Å²) < 4.78 is 11.0. The summed E-state index contributed by atoms with van der Waals surface area (Å²) in [5.74, 6) is 3.05. The van der Waals surface area contributed by atoms with Gasteiger partial charge >= 0.3 is 0 Å². The van der Waals surface area contributed by atoms with Crippen molar-refractivity contribution in [2.24, 2.45) is 16.6 Å². The zero-order valence-corrected chi connectivity index (χ0v) is 14.8. The van der Waals surface area contributed by atoms with Crippen LogP contribution < -0.4 is 5.73 Å². The number of morpholine rings is 1. The van der Waals surface area contributed by atoms with Gasteiger partial charge in [0.15, 0.2) is 5.96 Å². The number of oxazole rings is 1. The van der Waals surface area contributed by atoms with Crippen LogP contribution in [-0.4, -0.2) is 66.7 Å². The maximum absolute atomic E-state index is 6.10. The average molecular weight is 335 g/mol. The Morgan fingerprint density at radius 3 is 2.54 bits per heavy atom. The molecule has 2 aliphatic heterocycles. The number of hydrogen-bond donors (Lipinski definition) is 1. The van der Waals surface area contributed by atoms with E-state index in [1.54, 1.807) is 0 Å². The van der Waals surface area contributed by atoms with E-state index in [0.717, 1.165) is 82.7 Å². The zero-order chi connectivity index (χ0) is 16.9. The molecule has 0 saturated carbocycles. The molecule has 3 heterocycles. The molecule has 0 unspecified atom stereocenters. The summed E-state index contributed by atoms with van der Waals surface area (Å²) in [7, 11) is 0. The average Bonchev–Trinajstić information content (AvgIpc) is 2.92. The lowest BCUT2D eigenvalue weighted by Crippen LogP contribution is -2.45. The molecule has 0 atom stereocenters. The quantitative estimate of drug-likeness (QED) is 0.657. The topological polar surface area (TPSA) is 80.1 Å². The van der Waals surface area contributed by atoms with Crippen molar-refractivity contribution in [3.8, 4) is 0 Å². The Bertz CT molecular complexity index is 538. The van der Waals surface area contributed by atoms with Crippen molar-refractivity contribution in [2.45, 2.75) is 33.2 Å². The Balaban J connectivity index is 1.41. The van der Waals surface area contributed by atoms with Crippen molar-refractivity contribution in [2.75, 3.05) is 45.9 Å². The van der Waals surface area contributed by atoms with Gasteiger partial charge in [-0.05, 0) is 45.7 Å². The number of aromatic nitrogens is 1. The van der Waals surface area contributed by atoms with Crippen molar-refractivity contribution < 1.29 is 9.15 Å². The number of aryl methyl sites for hydroxylation is 2. The molecule has 0 aliphatic carbocycles. The number of piperidine rings is 1.